The molecule has 20 heavy (non-hydrogen) atoms. The quantitative estimate of drug-likeness (QED) is 0.718. The Kier molecular flexibility index (Phi) is 4.12. The number of carbonyl (C=O) groups excluding carboxylic acids is 1. The summed E-state index contributed by atoms with van der Waals surface area (Å²) >= 11 is 0. The highest BCUT2D eigenvalue weighted by molar-refractivity contribution is 5.75. The van der Waals surface area contributed by atoms with Gasteiger partial charge in [0, 0.05) is 20.6 Å². The van der Waals surface area contributed by atoms with E-state index < -0.39 is 5.54 Å². The van der Waals surface area contributed by atoms with E-state index in [0.717, 1.165) is 12.8 Å². The minimum absolute atomic E-state index is 0.0203. The van der Waals surface area contributed by atoms with Gasteiger partial charge in [0.1, 0.15) is 5.82 Å². The minimum atomic E-state index is -0.458. The number of hydrogen-bond donors (Lipinski definition) is 3. The smallest absolute Gasteiger partial charge is 0.318 e. The van der Waals surface area contributed by atoms with Gasteiger partial charge in [0.05, 0.1) is 18.7 Å². The number of aliphatic hydroxyl groups excluding tert-OH is 1. The summed E-state index contributed by atoms with van der Waals surface area (Å²) in [6, 6.07) is -0.179. The number of hydrogen-bond acceptors (Lipinski definition) is 5. The van der Waals surface area contributed by atoms with Gasteiger partial charge in [0.2, 0.25) is 5.95 Å². The lowest BCUT2D eigenvalue weighted by Gasteiger charge is -2.33. The molecule has 0 bridgehead atoms. The molecule has 1 aromatic heterocycles. The number of likely N-dealkylation sites (tertiary alicyclic amines) is 1. The van der Waals surface area contributed by atoms with Gasteiger partial charge >= 0.3 is 6.03 Å². The van der Waals surface area contributed by atoms with Crippen LogP contribution in [0.5, 0.6) is 0 Å². The molecule has 8 nitrogen and oxygen atoms in total. The number of aromatic amines is 1. The van der Waals surface area contributed by atoms with Gasteiger partial charge in [0.25, 0.3) is 0 Å². The minimum Gasteiger partial charge on any atom is -0.394 e. The van der Waals surface area contributed by atoms with Crippen molar-refractivity contribution in [1.29, 1.82) is 0 Å². The van der Waals surface area contributed by atoms with Crippen molar-refractivity contribution < 1.29 is 9.90 Å². The number of anilines is 1. The number of aromatic nitrogens is 3. The van der Waals surface area contributed by atoms with Crippen molar-refractivity contribution in [3.63, 3.8) is 0 Å². The molecule has 0 spiro atoms. The van der Waals surface area contributed by atoms with Crippen LogP contribution in [0, 0.1) is 0 Å². The van der Waals surface area contributed by atoms with Crippen LogP contribution in [0.3, 0.4) is 0 Å². The van der Waals surface area contributed by atoms with E-state index >= 15 is 0 Å². The molecule has 3 N–H and O–H groups in total. The Hall–Kier alpha value is -1.83. The normalized spacial score (nSPS) is 22.1. The largest absolute Gasteiger partial charge is 0.394 e. The number of H-pyrrole nitrogens is 1. The van der Waals surface area contributed by atoms with Crippen molar-refractivity contribution in [3.8, 4) is 0 Å². The predicted octanol–water partition coefficient (Wildman–Crippen LogP) is -0.0729. The number of aliphatic hydroxyl groups is 1. The zero-order valence-electron chi connectivity index (χ0n) is 12.2. The highest BCUT2D eigenvalue weighted by atomic mass is 16.3. The standard InChI is InChI=1S/C12H22N6O2/c1-12(8-19)5-4-6-18(12)11(20)13-7-9-14-10(16-15-9)17(2)3/h19H,4-8H2,1-3H3,(H,13,20)(H,14,15,16). The molecule has 0 aromatic carbocycles. The zero-order valence-corrected chi connectivity index (χ0v) is 12.2. The fraction of sp³-hybridized carbons (Fsp3) is 0.750. The molecular formula is C12H22N6O2. The Morgan fingerprint density at radius 2 is 2.35 bits per heavy atom. The molecule has 1 saturated heterocycles. The predicted molar refractivity (Wildman–Crippen MR) is 74.4 cm³/mol. The van der Waals surface area contributed by atoms with Crippen LogP contribution in [-0.2, 0) is 6.54 Å². The fourth-order valence-electron chi connectivity index (χ4n) is 2.35. The molecular weight excluding hydrogens is 260 g/mol. The summed E-state index contributed by atoms with van der Waals surface area (Å²) in [6.07, 6.45) is 1.74. The van der Waals surface area contributed by atoms with E-state index in [2.05, 4.69) is 20.5 Å². The Bertz CT molecular complexity index is 474. The molecule has 0 aliphatic carbocycles. The molecule has 1 aliphatic rings. The molecule has 2 heterocycles. The Balaban J connectivity index is 1.91. The summed E-state index contributed by atoms with van der Waals surface area (Å²) in [5, 5.41) is 19.0. The Morgan fingerprint density at radius 3 is 2.95 bits per heavy atom. The molecule has 1 aliphatic heterocycles. The van der Waals surface area contributed by atoms with Crippen molar-refractivity contribution in [3.05, 3.63) is 5.82 Å². The third kappa shape index (κ3) is 2.84. The van der Waals surface area contributed by atoms with Gasteiger partial charge in [0.15, 0.2) is 0 Å². The van der Waals surface area contributed by atoms with E-state index in [1.165, 1.54) is 0 Å². The van der Waals surface area contributed by atoms with E-state index in [9.17, 15) is 9.90 Å². The molecule has 0 saturated carbocycles. The maximum atomic E-state index is 12.2. The van der Waals surface area contributed by atoms with Crippen molar-refractivity contribution in [2.24, 2.45) is 0 Å². The second-order valence-corrected chi connectivity index (χ2v) is 5.55. The molecule has 2 amide bonds. The molecule has 1 aromatic rings. The summed E-state index contributed by atoms with van der Waals surface area (Å²) < 4.78 is 0. The third-order valence-corrected chi connectivity index (χ3v) is 3.66. The molecule has 1 fully saturated rings. The van der Waals surface area contributed by atoms with Crippen molar-refractivity contribution in [2.45, 2.75) is 31.8 Å². The van der Waals surface area contributed by atoms with Crippen LogP contribution in [-0.4, -0.2) is 64.0 Å². The van der Waals surface area contributed by atoms with E-state index in [-0.39, 0.29) is 19.2 Å². The first-order valence-electron chi connectivity index (χ1n) is 6.71. The maximum absolute atomic E-state index is 12.2. The zero-order chi connectivity index (χ0) is 14.8. The Labute approximate surface area is 118 Å². The second-order valence-electron chi connectivity index (χ2n) is 5.55. The van der Waals surface area contributed by atoms with Crippen molar-refractivity contribution in [1.82, 2.24) is 25.4 Å². The van der Waals surface area contributed by atoms with E-state index in [0.29, 0.717) is 18.3 Å². The van der Waals surface area contributed by atoms with Crippen molar-refractivity contribution in [2.75, 3.05) is 32.1 Å². The van der Waals surface area contributed by atoms with Crippen LogP contribution in [0.15, 0.2) is 0 Å². The Morgan fingerprint density at radius 1 is 1.60 bits per heavy atom. The van der Waals surface area contributed by atoms with Crippen LogP contribution in [0.4, 0.5) is 10.7 Å². The summed E-state index contributed by atoms with van der Waals surface area (Å²) in [7, 11) is 3.70. The molecule has 8 heteroatoms. The van der Waals surface area contributed by atoms with Gasteiger partial charge in [-0.2, -0.15) is 4.98 Å². The van der Waals surface area contributed by atoms with Gasteiger partial charge in [-0.3, -0.25) is 5.10 Å². The van der Waals surface area contributed by atoms with Crippen molar-refractivity contribution >= 4 is 12.0 Å². The van der Waals surface area contributed by atoms with Gasteiger partial charge in [-0.15, -0.1) is 5.10 Å². The molecule has 2 rings (SSSR count). The summed E-state index contributed by atoms with van der Waals surface area (Å²) in [6.45, 7) is 2.84. The van der Waals surface area contributed by atoms with E-state index in [1.807, 2.05) is 21.0 Å². The number of nitrogens with zero attached hydrogens (tertiary/aromatic N) is 4. The van der Waals surface area contributed by atoms with Crippen LogP contribution >= 0.6 is 0 Å². The number of carbonyl (C=O) groups is 1. The maximum Gasteiger partial charge on any atom is 0.318 e. The van der Waals surface area contributed by atoms with Gasteiger partial charge in [-0.25, -0.2) is 4.79 Å². The van der Waals surface area contributed by atoms with Crippen LogP contribution in [0.25, 0.3) is 0 Å². The number of amides is 2. The fourth-order valence-corrected chi connectivity index (χ4v) is 2.35. The molecule has 1 unspecified atom stereocenters. The molecule has 0 radical (unpaired) electrons. The number of nitrogens with one attached hydrogen (secondary N) is 2. The lowest BCUT2D eigenvalue weighted by molar-refractivity contribution is 0.0972. The van der Waals surface area contributed by atoms with Crippen LogP contribution in [0.1, 0.15) is 25.6 Å². The first kappa shape index (κ1) is 14.6. The monoisotopic (exact) mass is 282 g/mol. The van der Waals surface area contributed by atoms with E-state index in [4.69, 9.17) is 0 Å². The summed E-state index contributed by atoms with van der Waals surface area (Å²) in [5.74, 6) is 1.18. The topological polar surface area (TPSA) is 97.4 Å². The highest BCUT2D eigenvalue weighted by Crippen LogP contribution is 2.28. The van der Waals surface area contributed by atoms with Gasteiger partial charge in [-0.05, 0) is 19.8 Å². The summed E-state index contributed by atoms with van der Waals surface area (Å²) in [4.78, 5) is 19.9. The highest BCUT2D eigenvalue weighted by Gasteiger charge is 2.38. The SMILES string of the molecule is CN(C)c1n[nH]c(CNC(=O)N2CCCC2(C)CO)n1. The van der Waals surface area contributed by atoms with Crippen LogP contribution in [0.2, 0.25) is 0 Å². The first-order valence-corrected chi connectivity index (χ1v) is 6.71. The number of urea groups is 1. The summed E-state index contributed by atoms with van der Waals surface area (Å²) in [5.41, 5.74) is -0.458. The molecule has 1 atom stereocenters. The average Bonchev–Trinajstić information content (AvgIpc) is 3.03. The lowest BCUT2D eigenvalue weighted by Crippen LogP contribution is -2.51. The van der Waals surface area contributed by atoms with Crippen LogP contribution < -0.4 is 10.2 Å². The lowest BCUT2D eigenvalue weighted by atomic mass is 10.0. The number of rotatable bonds is 4. The van der Waals surface area contributed by atoms with Gasteiger partial charge in [-0.1, -0.05) is 0 Å². The first-order chi connectivity index (χ1) is 9.46. The van der Waals surface area contributed by atoms with E-state index in [1.54, 1.807) is 9.80 Å². The average molecular weight is 282 g/mol. The third-order valence-electron chi connectivity index (χ3n) is 3.66. The second kappa shape index (κ2) is 5.66. The molecule has 112 valence electrons. The van der Waals surface area contributed by atoms with Gasteiger partial charge < -0.3 is 20.2 Å².